The molecule has 1 aromatic heterocycles. The number of aliphatic imine (C=N–C) groups is 1. The molecule has 0 bridgehead atoms. The molecular formula is C26H25ClN4O4. The number of aromatic nitrogens is 1. The molecule has 180 valence electrons. The molecule has 1 amide bonds. The molecule has 0 radical (unpaired) electrons. The van der Waals surface area contributed by atoms with Crippen molar-refractivity contribution in [3.05, 3.63) is 76.6 Å². The van der Waals surface area contributed by atoms with Gasteiger partial charge in [-0.1, -0.05) is 32.4 Å². The van der Waals surface area contributed by atoms with Crippen molar-refractivity contribution < 1.29 is 19.0 Å². The smallest absolute Gasteiger partial charge is 0.283 e. The molecule has 3 heterocycles. The van der Waals surface area contributed by atoms with Crippen LogP contribution in [0.25, 0.3) is 0 Å². The summed E-state index contributed by atoms with van der Waals surface area (Å²) in [4.78, 5) is 21.5. The number of hydrogen-bond acceptors (Lipinski definition) is 7. The minimum atomic E-state index is -0.937. The van der Waals surface area contributed by atoms with E-state index in [-0.39, 0.29) is 29.6 Å². The maximum Gasteiger partial charge on any atom is 0.283 e. The van der Waals surface area contributed by atoms with Crippen molar-refractivity contribution in [3.8, 4) is 17.2 Å². The van der Waals surface area contributed by atoms with E-state index >= 15 is 0 Å². The summed E-state index contributed by atoms with van der Waals surface area (Å²) < 4.78 is 17.9. The number of anilines is 1. The van der Waals surface area contributed by atoms with Crippen LogP contribution in [-0.4, -0.2) is 30.1 Å². The predicted octanol–water partition coefficient (Wildman–Crippen LogP) is 5.11. The Balaban J connectivity index is 1.51. The highest BCUT2D eigenvalue weighted by atomic mass is 35.5. The first-order chi connectivity index (χ1) is 16.6. The first kappa shape index (κ1) is 23.0. The molecule has 0 saturated heterocycles. The third kappa shape index (κ3) is 4.49. The SMILES string of the molecule is CC(C)(C)COc1ccc2c(c1)C1(COC(N)=N1)c1cc(NC(=O)c3ccc(Cl)cn3)ccc1O2. The Morgan fingerprint density at radius 3 is 2.54 bits per heavy atom. The Labute approximate surface area is 208 Å². The van der Waals surface area contributed by atoms with E-state index in [2.05, 4.69) is 31.1 Å². The van der Waals surface area contributed by atoms with E-state index in [1.165, 1.54) is 6.20 Å². The number of nitrogens with one attached hydrogen (secondary N) is 1. The van der Waals surface area contributed by atoms with Gasteiger partial charge in [-0.15, -0.1) is 0 Å². The van der Waals surface area contributed by atoms with Gasteiger partial charge in [0, 0.05) is 23.0 Å². The Bertz CT molecular complexity index is 1330. The van der Waals surface area contributed by atoms with Gasteiger partial charge in [0.15, 0.2) is 5.54 Å². The summed E-state index contributed by atoms with van der Waals surface area (Å²) >= 11 is 5.88. The van der Waals surface area contributed by atoms with Crippen LogP contribution < -0.4 is 20.5 Å². The Morgan fingerprint density at radius 1 is 1.14 bits per heavy atom. The predicted molar refractivity (Wildman–Crippen MR) is 133 cm³/mol. The van der Waals surface area contributed by atoms with Crippen LogP contribution in [0.3, 0.4) is 0 Å². The number of fused-ring (bicyclic) bond motifs is 4. The van der Waals surface area contributed by atoms with Crippen LogP contribution in [0.1, 0.15) is 42.4 Å². The van der Waals surface area contributed by atoms with Gasteiger partial charge in [0.25, 0.3) is 11.9 Å². The van der Waals surface area contributed by atoms with Crippen LogP contribution >= 0.6 is 11.6 Å². The molecule has 1 spiro atoms. The zero-order valence-electron chi connectivity index (χ0n) is 19.6. The van der Waals surface area contributed by atoms with Crippen LogP contribution in [0.2, 0.25) is 5.02 Å². The van der Waals surface area contributed by atoms with Crippen molar-refractivity contribution in [3.63, 3.8) is 0 Å². The maximum absolute atomic E-state index is 12.7. The molecule has 3 aromatic rings. The van der Waals surface area contributed by atoms with Crippen LogP contribution in [-0.2, 0) is 10.3 Å². The normalized spacial score (nSPS) is 18.1. The van der Waals surface area contributed by atoms with E-state index in [4.69, 9.17) is 36.5 Å². The highest BCUT2D eigenvalue weighted by molar-refractivity contribution is 6.30. The van der Waals surface area contributed by atoms with Gasteiger partial charge < -0.3 is 25.3 Å². The second-order valence-corrected chi connectivity index (χ2v) is 10.2. The lowest BCUT2D eigenvalue weighted by molar-refractivity contribution is 0.102. The second-order valence-electron chi connectivity index (χ2n) is 9.74. The van der Waals surface area contributed by atoms with E-state index in [0.29, 0.717) is 34.6 Å². The fourth-order valence-electron chi connectivity index (χ4n) is 4.01. The fraction of sp³-hybridized carbons (Fsp3) is 0.269. The topological polar surface area (TPSA) is 108 Å². The quantitative estimate of drug-likeness (QED) is 0.524. The van der Waals surface area contributed by atoms with Gasteiger partial charge in [0.2, 0.25) is 0 Å². The van der Waals surface area contributed by atoms with E-state index in [1.807, 2.05) is 24.3 Å². The number of ether oxygens (including phenoxy) is 3. The lowest BCUT2D eigenvalue weighted by atomic mass is 9.81. The number of nitrogens with zero attached hydrogens (tertiary/aromatic N) is 2. The van der Waals surface area contributed by atoms with Crippen LogP contribution in [0.5, 0.6) is 17.2 Å². The summed E-state index contributed by atoms with van der Waals surface area (Å²) in [6.07, 6.45) is 1.43. The van der Waals surface area contributed by atoms with Crippen LogP contribution in [0.15, 0.2) is 59.7 Å². The van der Waals surface area contributed by atoms with Crippen LogP contribution in [0, 0.1) is 5.41 Å². The molecule has 0 fully saturated rings. The number of carbonyl (C=O) groups is 1. The van der Waals surface area contributed by atoms with E-state index < -0.39 is 5.54 Å². The average molecular weight is 493 g/mol. The van der Waals surface area contributed by atoms with Gasteiger partial charge >= 0.3 is 0 Å². The highest BCUT2D eigenvalue weighted by Crippen LogP contribution is 2.52. The van der Waals surface area contributed by atoms with Crippen LogP contribution in [0.4, 0.5) is 5.69 Å². The molecule has 2 aromatic carbocycles. The van der Waals surface area contributed by atoms with Gasteiger partial charge in [-0.2, -0.15) is 0 Å². The first-order valence-electron chi connectivity index (χ1n) is 11.1. The number of benzene rings is 2. The molecule has 35 heavy (non-hydrogen) atoms. The molecule has 2 aliphatic heterocycles. The lowest BCUT2D eigenvalue weighted by Gasteiger charge is -2.34. The zero-order chi connectivity index (χ0) is 24.8. The molecule has 1 unspecified atom stereocenters. The molecule has 0 saturated carbocycles. The van der Waals surface area contributed by atoms with E-state index in [9.17, 15) is 4.79 Å². The molecule has 0 aliphatic carbocycles. The van der Waals surface area contributed by atoms with Crippen molar-refractivity contribution in [1.82, 2.24) is 4.98 Å². The minimum absolute atomic E-state index is 0.00178. The van der Waals surface area contributed by atoms with Gasteiger partial charge in [0.1, 0.15) is 29.5 Å². The number of rotatable bonds is 4. The largest absolute Gasteiger partial charge is 0.493 e. The molecule has 8 nitrogen and oxygen atoms in total. The summed E-state index contributed by atoms with van der Waals surface area (Å²) in [7, 11) is 0. The third-order valence-corrected chi connectivity index (χ3v) is 5.88. The highest BCUT2D eigenvalue weighted by Gasteiger charge is 2.47. The number of pyridine rings is 1. The monoisotopic (exact) mass is 492 g/mol. The van der Waals surface area contributed by atoms with Gasteiger partial charge in [-0.05, 0) is 53.9 Å². The number of amidine groups is 1. The molecular weight excluding hydrogens is 468 g/mol. The number of nitrogens with two attached hydrogens (primary N) is 1. The average Bonchev–Trinajstić information content (AvgIpc) is 3.20. The molecule has 3 N–H and O–H groups in total. The maximum atomic E-state index is 12.7. The van der Waals surface area contributed by atoms with Crippen molar-refractivity contribution >= 4 is 29.2 Å². The number of hydrogen-bond donors (Lipinski definition) is 2. The first-order valence-corrected chi connectivity index (χ1v) is 11.5. The Morgan fingerprint density at radius 2 is 1.89 bits per heavy atom. The minimum Gasteiger partial charge on any atom is -0.493 e. The second kappa shape index (κ2) is 8.46. The number of carbonyl (C=O) groups excluding carboxylic acids is 1. The third-order valence-electron chi connectivity index (χ3n) is 5.66. The summed E-state index contributed by atoms with van der Waals surface area (Å²) in [6.45, 7) is 7.07. The summed E-state index contributed by atoms with van der Waals surface area (Å²) in [5.41, 5.74) is 7.35. The van der Waals surface area contributed by atoms with Gasteiger partial charge in [0.05, 0.1) is 11.6 Å². The van der Waals surface area contributed by atoms with Gasteiger partial charge in [-0.25, -0.2) is 9.98 Å². The number of amides is 1. The van der Waals surface area contributed by atoms with Gasteiger partial charge in [-0.3, -0.25) is 4.79 Å². The molecule has 9 heteroatoms. The van der Waals surface area contributed by atoms with E-state index in [1.54, 1.807) is 24.3 Å². The number of halogens is 1. The van der Waals surface area contributed by atoms with Crippen molar-refractivity contribution in [1.29, 1.82) is 0 Å². The summed E-state index contributed by atoms with van der Waals surface area (Å²) in [5.74, 6) is 1.58. The molecule has 5 rings (SSSR count). The van der Waals surface area contributed by atoms with E-state index in [0.717, 1.165) is 11.1 Å². The summed E-state index contributed by atoms with van der Waals surface area (Å²) in [6, 6.07) is 14.3. The summed E-state index contributed by atoms with van der Waals surface area (Å²) in [5, 5.41) is 3.33. The molecule has 1 atom stereocenters. The Hall–Kier alpha value is -3.78. The fourth-order valence-corrected chi connectivity index (χ4v) is 4.12. The lowest BCUT2D eigenvalue weighted by Crippen LogP contribution is -2.31. The molecule has 2 aliphatic rings. The standard InChI is InChI=1S/C26H25ClN4O4/c1-25(2,3)13-33-17-6-9-22-19(11-17)26(14-34-24(28)31-26)18-10-16(5-8-21(18)35-22)30-23(32)20-7-4-15(27)12-29-20/h4-12H,13-14H2,1-3H3,(H2,28,31)(H,30,32). The van der Waals surface area contributed by atoms with Crippen molar-refractivity contribution in [2.75, 3.05) is 18.5 Å². The Kier molecular flexibility index (Phi) is 5.56. The zero-order valence-corrected chi connectivity index (χ0v) is 20.3. The van der Waals surface area contributed by atoms with Crippen molar-refractivity contribution in [2.45, 2.75) is 26.3 Å². The van der Waals surface area contributed by atoms with Crippen molar-refractivity contribution in [2.24, 2.45) is 16.1 Å².